The lowest BCUT2D eigenvalue weighted by atomic mass is 10.1. The van der Waals surface area contributed by atoms with Gasteiger partial charge in [0, 0.05) is 6.42 Å². The summed E-state index contributed by atoms with van der Waals surface area (Å²) in [5.74, 6) is 1.00. The molecule has 5 heteroatoms. The van der Waals surface area contributed by atoms with Gasteiger partial charge in [-0.25, -0.2) is 9.79 Å². The van der Waals surface area contributed by atoms with E-state index in [2.05, 4.69) is 4.99 Å². The van der Waals surface area contributed by atoms with Gasteiger partial charge in [-0.2, -0.15) is 0 Å². The smallest absolute Gasteiger partial charge is 0.334 e. The Kier molecular flexibility index (Phi) is 5.11. The number of esters is 1. The molecular weight excluding hydrogens is 306 g/mol. The third-order valence-electron chi connectivity index (χ3n) is 3.72. The first kappa shape index (κ1) is 16.1. The molecular formula is C19H19NO4. The molecule has 1 aliphatic heterocycles. The van der Waals surface area contributed by atoms with E-state index in [0.717, 1.165) is 16.9 Å². The lowest BCUT2D eigenvalue weighted by Crippen LogP contribution is -2.22. The SMILES string of the molecule is COc1ccc(CC2=N[C@H](C(=O)OCc3ccccc3)CO2)cc1. The first-order valence-corrected chi connectivity index (χ1v) is 7.77. The number of carbonyl (C=O) groups is 1. The fraction of sp³-hybridized carbons (Fsp3) is 0.263. The summed E-state index contributed by atoms with van der Waals surface area (Å²) in [7, 11) is 1.63. The number of carbonyl (C=O) groups excluding carboxylic acids is 1. The number of methoxy groups -OCH3 is 1. The van der Waals surface area contributed by atoms with Crippen LogP contribution in [0.5, 0.6) is 5.75 Å². The zero-order chi connectivity index (χ0) is 16.8. The molecule has 24 heavy (non-hydrogen) atoms. The summed E-state index contributed by atoms with van der Waals surface area (Å²) in [4.78, 5) is 16.4. The van der Waals surface area contributed by atoms with Crippen molar-refractivity contribution in [3.63, 3.8) is 0 Å². The van der Waals surface area contributed by atoms with Crippen molar-refractivity contribution in [2.24, 2.45) is 4.99 Å². The Morgan fingerprint density at radius 1 is 1.12 bits per heavy atom. The van der Waals surface area contributed by atoms with Crippen molar-refractivity contribution in [2.75, 3.05) is 13.7 Å². The molecule has 2 aromatic carbocycles. The number of ether oxygens (including phenoxy) is 3. The highest BCUT2D eigenvalue weighted by Crippen LogP contribution is 2.15. The van der Waals surface area contributed by atoms with E-state index in [0.29, 0.717) is 12.3 Å². The van der Waals surface area contributed by atoms with Crippen LogP contribution in [0, 0.1) is 0 Å². The summed E-state index contributed by atoms with van der Waals surface area (Å²) in [6.07, 6.45) is 0.548. The minimum atomic E-state index is -0.582. The van der Waals surface area contributed by atoms with Gasteiger partial charge < -0.3 is 14.2 Å². The van der Waals surface area contributed by atoms with E-state index in [9.17, 15) is 4.79 Å². The maximum atomic E-state index is 12.1. The van der Waals surface area contributed by atoms with E-state index in [-0.39, 0.29) is 19.2 Å². The van der Waals surface area contributed by atoms with Gasteiger partial charge >= 0.3 is 5.97 Å². The Morgan fingerprint density at radius 2 is 1.88 bits per heavy atom. The summed E-state index contributed by atoms with van der Waals surface area (Å²) in [6.45, 7) is 0.485. The maximum absolute atomic E-state index is 12.1. The van der Waals surface area contributed by atoms with E-state index in [1.165, 1.54) is 0 Å². The third kappa shape index (κ3) is 4.13. The van der Waals surface area contributed by atoms with Crippen LogP contribution in [0.2, 0.25) is 0 Å². The van der Waals surface area contributed by atoms with Gasteiger partial charge in [-0.05, 0) is 23.3 Å². The highest BCUT2D eigenvalue weighted by molar-refractivity contribution is 5.86. The van der Waals surface area contributed by atoms with Crippen molar-refractivity contribution in [2.45, 2.75) is 19.1 Å². The number of benzene rings is 2. The van der Waals surface area contributed by atoms with Crippen molar-refractivity contribution in [1.82, 2.24) is 0 Å². The van der Waals surface area contributed by atoms with Crippen LogP contribution in [0.15, 0.2) is 59.6 Å². The molecule has 124 valence electrons. The zero-order valence-electron chi connectivity index (χ0n) is 13.5. The van der Waals surface area contributed by atoms with Gasteiger partial charge in [0.05, 0.1) is 7.11 Å². The second kappa shape index (κ2) is 7.64. The van der Waals surface area contributed by atoms with Crippen LogP contribution in [0.3, 0.4) is 0 Å². The Hall–Kier alpha value is -2.82. The van der Waals surface area contributed by atoms with Gasteiger partial charge in [-0.3, -0.25) is 0 Å². The van der Waals surface area contributed by atoms with Crippen LogP contribution in [0.25, 0.3) is 0 Å². The number of rotatable bonds is 6. The quantitative estimate of drug-likeness (QED) is 0.766. The summed E-state index contributed by atoms with van der Waals surface area (Å²) in [5, 5.41) is 0. The normalized spacial score (nSPS) is 16.2. The molecule has 0 aromatic heterocycles. The molecule has 0 radical (unpaired) electrons. The second-order valence-corrected chi connectivity index (χ2v) is 5.47. The van der Waals surface area contributed by atoms with E-state index in [4.69, 9.17) is 14.2 Å². The summed E-state index contributed by atoms with van der Waals surface area (Å²) < 4.78 is 15.9. The molecule has 0 amide bonds. The Labute approximate surface area is 140 Å². The Morgan fingerprint density at radius 3 is 2.58 bits per heavy atom. The number of nitrogens with zero attached hydrogens (tertiary/aromatic N) is 1. The monoisotopic (exact) mass is 325 g/mol. The van der Waals surface area contributed by atoms with Crippen molar-refractivity contribution in [3.05, 3.63) is 65.7 Å². The fourth-order valence-corrected chi connectivity index (χ4v) is 2.38. The van der Waals surface area contributed by atoms with E-state index >= 15 is 0 Å². The summed E-state index contributed by atoms with van der Waals surface area (Å²) >= 11 is 0. The van der Waals surface area contributed by atoms with E-state index in [1.54, 1.807) is 7.11 Å². The van der Waals surface area contributed by atoms with Crippen LogP contribution in [-0.2, 0) is 27.3 Å². The topological polar surface area (TPSA) is 57.1 Å². The molecule has 0 saturated carbocycles. The maximum Gasteiger partial charge on any atom is 0.334 e. The average Bonchev–Trinajstić information content (AvgIpc) is 3.10. The molecule has 0 saturated heterocycles. The van der Waals surface area contributed by atoms with Gasteiger partial charge in [-0.15, -0.1) is 0 Å². The van der Waals surface area contributed by atoms with Crippen molar-refractivity contribution < 1.29 is 19.0 Å². The highest BCUT2D eigenvalue weighted by atomic mass is 16.5. The van der Waals surface area contributed by atoms with Crippen molar-refractivity contribution >= 4 is 11.9 Å². The lowest BCUT2D eigenvalue weighted by molar-refractivity contribution is -0.146. The van der Waals surface area contributed by atoms with Crippen LogP contribution in [0.4, 0.5) is 0 Å². The summed E-state index contributed by atoms with van der Waals surface area (Å²) in [6, 6.07) is 16.7. The number of aliphatic imine (C=N–C) groups is 1. The van der Waals surface area contributed by atoms with Crippen LogP contribution < -0.4 is 4.74 Å². The minimum absolute atomic E-state index is 0.235. The molecule has 1 atom stereocenters. The zero-order valence-corrected chi connectivity index (χ0v) is 13.5. The Bertz CT molecular complexity index is 710. The van der Waals surface area contributed by atoms with Gasteiger partial charge in [0.25, 0.3) is 0 Å². The minimum Gasteiger partial charge on any atom is -0.497 e. The second-order valence-electron chi connectivity index (χ2n) is 5.47. The molecule has 1 aliphatic rings. The molecule has 3 rings (SSSR count). The molecule has 1 heterocycles. The molecule has 0 fully saturated rings. The van der Waals surface area contributed by atoms with Crippen LogP contribution >= 0.6 is 0 Å². The third-order valence-corrected chi connectivity index (χ3v) is 3.72. The van der Waals surface area contributed by atoms with Gasteiger partial charge in [0.2, 0.25) is 0 Å². The largest absolute Gasteiger partial charge is 0.497 e. The number of hydrogen-bond acceptors (Lipinski definition) is 5. The predicted octanol–water partition coefficient (Wildman–Crippen LogP) is 2.78. The van der Waals surface area contributed by atoms with Crippen molar-refractivity contribution in [3.8, 4) is 5.75 Å². The molecule has 0 bridgehead atoms. The van der Waals surface area contributed by atoms with Crippen molar-refractivity contribution in [1.29, 1.82) is 0 Å². The van der Waals surface area contributed by atoms with Crippen LogP contribution in [-0.4, -0.2) is 31.6 Å². The fourth-order valence-electron chi connectivity index (χ4n) is 2.38. The molecule has 5 nitrogen and oxygen atoms in total. The van der Waals surface area contributed by atoms with Gasteiger partial charge in [-0.1, -0.05) is 42.5 Å². The highest BCUT2D eigenvalue weighted by Gasteiger charge is 2.27. The first-order chi connectivity index (χ1) is 11.7. The molecule has 0 unspecified atom stereocenters. The summed E-state index contributed by atoms with van der Waals surface area (Å²) in [5.41, 5.74) is 2.00. The molecule has 0 aliphatic carbocycles. The molecule has 0 N–H and O–H groups in total. The Balaban J connectivity index is 1.53. The molecule has 2 aromatic rings. The average molecular weight is 325 g/mol. The van der Waals surface area contributed by atoms with Gasteiger partial charge in [0.1, 0.15) is 19.0 Å². The first-order valence-electron chi connectivity index (χ1n) is 7.77. The standard InChI is InChI=1S/C19H19NO4/c1-22-16-9-7-14(8-10-16)11-18-20-17(13-23-18)19(21)24-12-15-5-3-2-4-6-15/h2-10,17H,11-13H2,1H3/t17-/m0/s1. The predicted molar refractivity (Wildman–Crippen MR) is 90.1 cm³/mol. The van der Waals surface area contributed by atoms with Gasteiger partial charge in [0.15, 0.2) is 11.9 Å². The lowest BCUT2D eigenvalue weighted by Gasteiger charge is -2.06. The van der Waals surface area contributed by atoms with Crippen LogP contribution in [0.1, 0.15) is 11.1 Å². The van der Waals surface area contributed by atoms with E-state index < -0.39 is 6.04 Å². The number of hydrogen-bond donors (Lipinski definition) is 0. The van der Waals surface area contributed by atoms with E-state index in [1.807, 2.05) is 54.6 Å². The molecule has 0 spiro atoms.